The molecule has 7 nitrogen and oxygen atoms in total. The van der Waals surface area contributed by atoms with Crippen LogP contribution in [0.2, 0.25) is 0 Å². The zero-order valence-electron chi connectivity index (χ0n) is 14.9. The molecule has 8 heteroatoms. The number of sulfonamides is 1. The Morgan fingerprint density at radius 3 is 3.00 bits per heavy atom. The SMILES string of the molecule is CC(C)CS(=O)(=O)NC1CCN(c2ccnc3cnc4[nH]ccc4c23)C1. The maximum Gasteiger partial charge on any atom is 0.212 e. The van der Waals surface area contributed by atoms with Gasteiger partial charge in [0, 0.05) is 48.0 Å². The number of rotatable bonds is 5. The number of hydrogen-bond acceptors (Lipinski definition) is 5. The van der Waals surface area contributed by atoms with E-state index in [1.54, 1.807) is 12.4 Å². The van der Waals surface area contributed by atoms with E-state index in [1.807, 2.05) is 32.2 Å². The molecule has 0 aliphatic carbocycles. The number of pyridine rings is 2. The Labute approximate surface area is 152 Å². The van der Waals surface area contributed by atoms with Crippen LogP contribution in [0.1, 0.15) is 20.3 Å². The van der Waals surface area contributed by atoms with Crippen molar-refractivity contribution in [1.82, 2.24) is 19.7 Å². The molecule has 26 heavy (non-hydrogen) atoms. The van der Waals surface area contributed by atoms with Gasteiger partial charge in [0.1, 0.15) is 5.65 Å². The Morgan fingerprint density at radius 1 is 1.35 bits per heavy atom. The number of nitrogens with zero attached hydrogens (tertiary/aromatic N) is 3. The van der Waals surface area contributed by atoms with Crippen LogP contribution >= 0.6 is 0 Å². The highest BCUT2D eigenvalue weighted by Gasteiger charge is 2.28. The number of hydrogen-bond donors (Lipinski definition) is 2. The van der Waals surface area contributed by atoms with Gasteiger partial charge in [-0.05, 0) is 24.5 Å². The number of aromatic amines is 1. The van der Waals surface area contributed by atoms with Crippen molar-refractivity contribution in [1.29, 1.82) is 0 Å². The second kappa shape index (κ2) is 6.51. The van der Waals surface area contributed by atoms with Crippen molar-refractivity contribution in [3.63, 3.8) is 0 Å². The van der Waals surface area contributed by atoms with Crippen LogP contribution in [-0.4, -0.2) is 48.3 Å². The molecule has 0 spiro atoms. The average Bonchev–Trinajstić information content (AvgIpc) is 3.21. The molecule has 0 saturated carbocycles. The van der Waals surface area contributed by atoms with Gasteiger partial charge in [0.2, 0.25) is 10.0 Å². The topological polar surface area (TPSA) is 91.0 Å². The first kappa shape index (κ1) is 17.2. The highest BCUT2D eigenvalue weighted by molar-refractivity contribution is 7.89. The molecule has 3 aromatic heterocycles. The first-order valence-electron chi connectivity index (χ1n) is 8.89. The summed E-state index contributed by atoms with van der Waals surface area (Å²) in [6.45, 7) is 5.30. The molecule has 138 valence electrons. The number of aromatic nitrogens is 3. The molecule has 0 amide bonds. The summed E-state index contributed by atoms with van der Waals surface area (Å²) in [5.74, 6) is 0.278. The Morgan fingerprint density at radius 2 is 2.19 bits per heavy atom. The summed E-state index contributed by atoms with van der Waals surface area (Å²) >= 11 is 0. The molecule has 1 atom stereocenters. The molecule has 4 heterocycles. The van der Waals surface area contributed by atoms with E-state index in [0.717, 1.165) is 40.6 Å². The van der Waals surface area contributed by atoms with E-state index in [-0.39, 0.29) is 17.7 Å². The standard InChI is InChI=1S/C18H23N5O2S/c1-12(2)11-26(24,25)22-13-5-8-23(10-13)16-4-7-19-15-9-21-18-14(17(15)16)3-6-20-18/h3-4,6-7,9,12-13,22H,5,8,10-11H2,1-2H3,(H,20,21). The molecule has 1 fully saturated rings. The second-order valence-corrected chi connectivity index (χ2v) is 9.11. The molecule has 0 radical (unpaired) electrons. The van der Waals surface area contributed by atoms with Crippen molar-refractivity contribution in [2.75, 3.05) is 23.7 Å². The lowest BCUT2D eigenvalue weighted by Crippen LogP contribution is -2.39. The summed E-state index contributed by atoms with van der Waals surface area (Å²) in [4.78, 5) is 14.2. The highest BCUT2D eigenvalue weighted by atomic mass is 32.2. The molecule has 0 aromatic carbocycles. The maximum atomic E-state index is 12.2. The van der Waals surface area contributed by atoms with Crippen molar-refractivity contribution >= 4 is 37.6 Å². The fraction of sp³-hybridized carbons (Fsp3) is 0.444. The van der Waals surface area contributed by atoms with E-state index in [1.165, 1.54) is 0 Å². The highest BCUT2D eigenvalue weighted by Crippen LogP contribution is 2.32. The minimum atomic E-state index is -3.24. The molecule has 1 unspecified atom stereocenters. The first-order chi connectivity index (χ1) is 12.4. The van der Waals surface area contributed by atoms with Gasteiger partial charge in [-0.2, -0.15) is 0 Å². The van der Waals surface area contributed by atoms with Gasteiger partial charge in [-0.1, -0.05) is 13.8 Å². The molecule has 1 saturated heterocycles. The fourth-order valence-electron chi connectivity index (χ4n) is 3.72. The predicted octanol–water partition coefficient (Wildman–Crippen LogP) is 2.27. The summed E-state index contributed by atoms with van der Waals surface area (Å²) in [6.07, 6.45) is 6.23. The third kappa shape index (κ3) is 3.26. The van der Waals surface area contributed by atoms with Crippen LogP contribution in [0.4, 0.5) is 5.69 Å². The summed E-state index contributed by atoms with van der Waals surface area (Å²) in [5, 5.41) is 2.10. The van der Waals surface area contributed by atoms with Gasteiger partial charge in [-0.15, -0.1) is 0 Å². The van der Waals surface area contributed by atoms with Crippen molar-refractivity contribution in [3.8, 4) is 0 Å². The van der Waals surface area contributed by atoms with E-state index >= 15 is 0 Å². The first-order valence-corrected chi connectivity index (χ1v) is 10.5. The van der Waals surface area contributed by atoms with Gasteiger partial charge in [-0.25, -0.2) is 18.1 Å². The number of nitrogens with one attached hydrogen (secondary N) is 2. The van der Waals surface area contributed by atoms with Gasteiger partial charge in [-0.3, -0.25) is 4.98 Å². The van der Waals surface area contributed by atoms with Crippen LogP contribution in [0.5, 0.6) is 0 Å². The van der Waals surface area contributed by atoms with E-state index in [0.29, 0.717) is 6.54 Å². The van der Waals surface area contributed by atoms with Crippen LogP contribution in [0, 0.1) is 5.92 Å². The number of H-pyrrole nitrogens is 1. The molecule has 3 aromatic rings. The van der Waals surface area contributed by atoms with Crippen LogP contribution in [0.3, 0.4) is 0 Å². The number of anilines is 1. The normalized spacial score (nSPS) is 18.4. The summed E-state index contributed by atoms with van der Waals surface area (Å²) in [6, 6.07) is 3.94. The van der Waals surface area contributed by atoms with Gasteiger partial charge >= 0.3 is 0 Å². The Kier molecular flexibility index (Phi) is 4.32. The van der Waals surface area contributed by atoms with E-state index < -0.39 is 10.0 Å². The van der Waals surface area contributed by atoms with Crippen molar-refractivity contribution in [2.24, 2.45) is 5.92 Å². The van der Waals surface area contributed by atoms with Crippen LogP contribution in [0.15, 0.2) is 30.7 Å². The van der Waals surface area contributed by atoms with E-state index in [9.17, 15) is 8.42 Å². The average molecular weight is 373 g/mol. The molecule has 1 aliphatic heterocycles. The van der Waals surface area contributed by atoms with E-state index in [2.05, 4.69) is 24.6 Å². The van der Waals surface area contributed by atoms with Crippen LogP contribution in [-0.2, 0) is 10.0 Å². The monoisotopic (exact) mass is 373 g/mol. The predicted molar refractivity (Wildman–Crippen MR) is 104 cm³/mol. The largest absolute Gasteiger partial charge is 0.369 e. The summed E-state index contributed by atoms with van der Waals surface area (Å²) in [7, 11) is -3.24. The zero-order valence-corrected chi connectivity index (χ0v) is 15.8. The van der Waals surface area contributed by atoms with Gasteiger partial charge < -0.3 is 9.88 Å². The molecule has 2 N–H and O–H groups in total. The number of fused-ring (bicyclic) bond motifs is 3. The fourth-order valence-corrected chi connectivity index (χ4v) is 5.39. The molecular formula is C18H23N5O2S. The van der Waals surface area contributed by atoms with Crippen LogP contribution in [0.25, 0.3) is 21.9 Å². The quantitative estimate of drug-likeness (QED) is 0.716. The summed E-state index contributed by atoms with van der Waals surface area (Å²) in [5.41, 5.74) is 2.76. The van der Waals surface area contributed by atoms with Crippen molar-refractivity contribution < 1.29 is 8.42 Å². The van der Waals surface area contributed by atoms with Crippen molar-refractivity contribution in [3.05, 3.63) is 30.7 Å². The van der Waals surface area contributed by atoms with Crippen LogP contribution < -0.4 is 9.62 Å². The lowest BCUT2D eigenvalue weighted by Gasteiger charge is -2.21. The smallest absolute Gasteiger partial charge is 0.212 e. The second-order valence-electron chi connectivity index (χ2n) is 7.31. The molecule has 4 rings (SSSR count). The Hall–Kier alpha value is -2.19. The molecule has 1 aliphatic rings. The Balaban J connectivity index is 1.62. The third-order valence-corrected chi connectivity index (χ3v) is 6.49. The van der Waals surface area contributed by atoms with Gasteiger partial charge in [0.05, 0.1) is 17.5 Å². The third-order valence-electron chi connectivity index (χ3n) is 4.70. The molecule has 0 bridgehead atoms. The zero-order chi connectivity index (χ0) is 18.3. The molecular weight excluding hydrogens is 350 g/mol. The van der Waals surface area contributed by atoms with Gasteiger partial charge in [0.25, 0.3) is 0 Å². The lowest BCUT2D eigenvalue weighted by molar-refractivity contribution is 0.550. The summed E-state index contributed by atoms with van der Waals surface area (Å²) < 4.78 is 27.3. The lowest BCUT2D eigenvalue weighted by atomic mass is 10.1. The minimum Gasteiger partial charge on any atom is -0.369 e. The van der Waals surface area contributed by atoms with Crippen molar-refractivity contribution in [2.45, 2.75) is 26.3 Å². The van der Waals surface area contributed by atoms with Gasteiger partial charge in [0.15, 0.2) is 0 Å². The Bertz CT molecular complexity index is 1040. The van der Waals surface area contributed by atoms with E-state index in [4.69, 9.17) is 0 Å². The minimum absolute atomic E-state index is 0.0643. The maximum absolute atomic E-state index is 12.2.